The number of H-pyrrole nitrogens is 1. The van der Waals surface area contributed by atoms with E-state index >= 15 is 0 Å². The van der Waals surface area contributed by atoms with Crippen LogP contribution >= 0.6 is 0 Å². The zero-order chi connectivity index (χ0) is 51.5. The van der Waals surface area contributed by atoms with Crippen molar-refractivity contribution in [3.8, 4) is 11.1 Å². The van der Waals surface area contributed by atoms with Gasteiger partial charge in [0.15, 0.2) is 5.82 Å². The number of rotatable bonds is 23. The maximum absolute atomic E-state index is 14.8. The van der Waals surface area contributed by atoms with E-state index in [1.807, 2.05) is 96.1 Å². The molecule has 1 aliphatic heterocycles. The SMILES string of the molecule is CC[C@H](C)[C@@H]([C@@H](CC(=O)N1CCC[C@H]1[C@H](OC)[C@@H](C)C(=O)N[C@@H](Cc1ccccc1)c1nn[nH]n1)OC)N(C)C(=O)[C@@H](NC(=O)C(C(C)C)N(C)C(=O)OCC1c2ccccc2-c2ccccc21)C(C)C. The predicted molar refractivity (Wildman–Crippen MR) is 270 cm³/mol. The van der Waals surface area contributed by atoms with Gasteiger partial charge in [-0.2, -0.15) is 5.21 Å². The van der Waals surface area contributed by atoms with Crippen LogP contribution in [0.15, 0.2) is 78.9 Å². The molecule has 17 nitrogen and oxygen atoms in total. The molecule has 1 fully saturated rings. The Morgan fingerprint density at radius 1 is 0.803 bits per heavy atom. The summed E-state index contributed by atoms with van der Waals surface area (Å²) in [6.45, 7) is 13.8. The second-order valence-electron chi connectivity index (χ2n) is 19.9. The summed E-state index contributed by atoms with van der Waals surface area (Å²) in [5, 5.41) is 20.6. The third-order valence-corrected chi connectivity index (χ3v) is 14.7. The maximum Gasteiger partial charge on any atom is 0.410 e. The molecule has 1 aromatic heterocycles. The number of nitrogens with zero attached hydrogens (tertiary/aromatic N) is 6. The van der Waals surface area contributed by atoms with Crippen LogP contribution in [0.2, 0.25) is 0 Å². The van der Waals surface area contributed by atoms with Crippen LogP contribution in [-0.4, -0.2) is 143 Å². The van der Waals surface area contributed by atoms with E-state index in [0.717, 1.165) is 34.2 Å². The number of likely N-dealkylation sites (N-methyl/N-ethyl adjacent to an activating group) is 2. The quantitative estimate of drug-likeness (QED) is 0.0727. The van der Waals surface area contributed by atoms with Crippen LogP contribution in [0, 0.1) is 23.7 Å². The van der Waals surface area contributed by atoms with Crippen molar-refractivity contribution in [2.24, 2.45) is 23.7 Å². The Bertz CT molecular complexity index is 2350. The number of carbonyl (C=O) groups is 5. The molecule has 3 N–H and O–H groups in total. The van der Waals surface area contributed by atoms with E-state index < -0.39 is 60.3 Å². The van der Waals surface area contributed by atoms with Gasteiger partial charge in [-0.15, -0.1) is 10.2 Å². The minimum absolute atomic E-state index is 0.0350. The summed E-state index contributed by atoms with van der Waals surface area (Å²) < 4.78 is 18.1. The first-order valence-electron chi connectivity index (χ1n) is 25.1. The lowest BCUT2D eigenvalue weighted by Crippen LogP contribution is -2.60. The summed E-state index contributed by atoms with van der Waals surface area (Å²) in [7, 11) is 6.34. The van der Waals surface area contributed by atoms with Gasteiger partial charge in [0.1, 0.15) is 18.7 Å². The molecule has 2 heterocycles. The monoisotopic (exact) mass is 978 g/mol. The van der Waals surface area contributed by atoms with Gasteiger partial charge >= 0.3 is 6.09 Å². The maximum atomic E-state index is 14.8. The number of aromatic nitrogens is 4. The molecule has 3 aromatic carbocycles. The number of ether oxygens (including phenoxy) is 3. The molecule has 1 aliphatic carbocycles. The molecule has 2 aliphatic rings. The van der Waals surface area contributed by atoms with Crippen LogP contribution in [0.25, 0.3) is 11.1 Å². The summed E-state index contributed by atoms with van der Waals surface area (Å²) in [6, 6.07) is 22.5. The van der Waals surface area contributed by atoms with Crippen molar-refractivity contribution in [2.45, 2.75) is 129 Å². The first-order chi connectivity index (χ1) is 34.0. The minimum atomic E-state index is -0.963. The highest BCUT2D eigenvalue weighted by atomic mass is 16.6. The molecular formula is C54H75N9O8. The molecule has 0 radical (unpaired) electrons. The molecular weight excluding hydrogens is 903 g/mol. The number of methoxy groups -OCH3 is 2. The van der Waals surface area contributed by atoms with Gasteiger partial charge in [-0.1, -0.05) is 139 Å². The van der Waals surface area contributed by atoms with E-state index in [4.69, 9.17) is 14.2 Å². The fourth-order valence-corrected chi connectivity index (χ4v) is 10.7. The van der Waals surface area contributed by atoms with Crippen LogP contribution in [-0.2, 0) is 39.8 Å². The molecule has 17 heteroatoms. The van der Waals surface area contributed by atoms with Gasteiger partial charge in [0.05, 0.1) is 42.7 Å². The van der Waals surface area contributed by atoms with Crippen molar-refractivity contribution in [3.05, 3.63) is 101 Å². The second kappa shape index (κ2) is 24.8. The Hall–Kier alpha value is -6.20. The lowest BCUT2D eigenvalue weighted by Gasteiger charge is -2.41. The van der Waals surface area contributed by atoms with E-state index in [-0.39, 0.29) is 54.4 Å². The molecule has 6 rings (SSSR count). The van der Waals surface area contributed by atoms with Crippen molar-refractivity contribution in [3.63, 3.8) is 0 Å². The summed E-state index contributed by atoms with van der Waals surface area (Å²) >= 11 is 0. The highest BCUT2D eigenvalue weighted by Gasteiger charge is 2.44. The normalized spacial score (nSPS) is 17.8. The number of hydrogen-bond acceptors (Lipinski definition) is 11. The van der Waals surface area contributed by atoms with E-state index in [9.17, 15) is 24.0 Å². The standard InChI is InChI=1S/C54H75N9O8/c1-12-34(6)48(44(69-10)30-45(64)63-28-20-27-43(63)49(70-11)35(7)51(65)55-42(50-57-59-60-58-50)29-36-21-14-13-15-22-36)61(8)53(67)46(32(2)3)56-52(66)47(33(4)5)62(9)54(68)71-31-41-39-25-18-16-23-37(39)38-24-17-19-26-40(38)41/h13-19,21-26,32-35,41-44,46-49H,12,20,27-31H2,1-11H3,(H,55,65)(H,56,66)(H,57,58,59,60)/t34-,35+,42-,43-,44+,46-,47?,48-,49+/m0/s1. The number of tetrazole rings is 1. The first-order valence-corrected chi connectivity index (χ1v) is 25.1. The molecule has 5 amide bonds. The third kappa shape index (κ3) is 12.5. The highest BCUT2D eigenvalue weighted by molar-refractivity contribution is 5.92. The molecule has 4 aromatic rings. The van der Waals surface area contributed by atoms with Crippen LogP contribution < -0.4 is 10.6 Å². The number of likely N-dealkylation sites (tertiary alicyclic amines) is 1. The van der Waals surface area contributed by atoms with Gasteiger partial charge in [0.25, 0.3) is 0 Å². The van der Waals surface area contributed by atoms with Crippen molar-refractivity contribution >= 4 is 29.7 Å². The summed E-state index contributed by atoms with van der Waals surface area (Å²) in [5.41, 5.74) is 5.38. The average Bonchev–Trinajstić information content (AvgIpc) is 4.15. The second-order valence-corrected chi connectivity index (χ2v) is 19.9. The Labute approximate surface area is 419 Å². The zero-order valence-electron chi connectivity index (χ0n) is 43.3. The summed E-state index contributed by atoms with van der Waals surface area (Å²) in [5.74, 6) is -2.50. The molecule has 1 saturated heterocycles. The van der Waals surface area contributed by atoms with Crippen LogP contribution in [0.4, 0.5) is 4.79 Å². The van der Waals surface area contributed by atoms with Gasteiger partial charge in [-0.05, 0) is 58.4 Å². The third-order valence-electron chi connectivity index (χ3n) is 14.7. The van der Waals surface area contributed by atoms with Crippen LogP contribution in [0.5, 0.6) is 0 Å². The van der Waals surface area contributed by atoms with E-state index in [1.54, 1.807) is 45.0 Å². The van der Waals surface area contributed by atoms with Crippen LogP contribution in [0.1, 0.15) is 109 Å². The van der Waals surface area contributed by atoms with Gasteiger partial charge < -0.3 is 34.6 Å². The Morgan fingerprint density at radius 2 is 1.44 bits per heavy atom. The summed E-state index contributed by atoms with van der Waals surface area (Å²) in [6.07, 6.45) is 0.455. The van der Waals surface area contributed by atoms with E-state index in [1.165, 1.54) is 4.90 Å². The largest absolute Gasteiger partial charge is 0.448 e. The average molecular weight is 978 g/mol. The van der Waals surface area contributed by atoms with Gasteiger partial charge in [0, 0.05) is 47.2 Å². The van der Waals surface area contributed by atoms with Crippen molar-refractivity contribution in [2.75, 3.05) is 41.5 Å². The molecule has 1 unspecified atom stereocenters. The van der Waals surface area contributed by atoms with Crippen molar-refractivity contribution in [1.82, 2.24) is 46.0 Å². The molecule has 9 atom stereocenters. The fourth-order valence-electron chi connectivity index (χ4n) is 10.7. The molecule has 0 spiro atoms. The number of hydrogen-bond donors (Lipinski definition) is 3. The smallest absolute Gasteiger partial charge is 0.410 e. The number of aromatic amines is 1. The van der Waals surface area contributed by atoms with Crippen molar-refractivity contribution < 1.29 is 38.2 Å². The predicted octanol–water partition coefficient (Wildman–Crippen LogP) is 6.57. The number of fused-ring (bicyclic) bond motifs is 3. The van der Waals surface area contributed by atoms with Crippen molar-refractivity contribution in [1.29, 1.82) is 0 Å². The molecule has 0 bridgehead atoms. The number of carbonyl (C=O) groups excluding carboxylic acids is 5. The molecule has 384 valence electrons. The highest BCUT2D eigenvalue weighted by Crippen LogP contribution is 2.44. The lowest BCUT2D eigenvalue weighted by molar-refractivity contribution is -0.148. The number of nitrogens with one attached hydrogen (secondary N) is 3. The summed E-state index contributed by atoms with van der Waals surface area (Å²) in [4.78, 5) is 76.1. The van der Waals surface area contributed by atoms with Gasteiger partial charge in [0.2, 0.25) is 23.6 Å². The number of amides is 5. The van der Waals surface area contributed by atoms with Gasteiger partial charge in [-0.3, -0.25) is 24.1 Å². The Balaban J connectivity index is 1.11. The Morgan fingerprint density at radius 3 is 2.00 bits per heavy atom. The fraction of sp³-hybridized carbons (Fsp3) is 0.556. The van der Waals surface area contributed by atoms with Crippen LogP contribution in [0.3, 0.4) is 0 Å². The topological polar surface area (TPSA) is 201 Å². The first kappa shape index (κ1) is 54.1. The Kier molecular flexibility index (Phi) is 18.9. The lowest BCUT2D eigenvalue weighted by atomic mass is 9.89. The molecule has 71 heavy (non-hydrogen) atoms. The van der Waals surface area contributed by atoms with E-state index in [2.05, 4.69) is 55.5 Å². The minimum Gasteiger partial charge on any atom is -0.448 e. The molecule has 0 saturated carbocycles. The van der Waals surface area contributed by atoms with E-state index in [0.29, 0.717) is 31.6 Å². The zero-order valence-corrected chi connectivity index (χ0v) is 43.3. The number of benzene rings is 3. The van der Waals surface area contributed by atoms with Gasteiger partial charge in [-0.25, -0.2) is 4.79 Å².